The highest BCUT2D eigenvalue weighted by Crippen LogP contribution is 2.30. The summed E-state index contributed by atoms with van der Waals surface area (Å²) in [5.41, 5.74) is 1.17. The Morgan fingerprint density at radius 2 is 2.14 bits per heavy atom. The summed E-state index contributed by atoms with van der Waals surface area (Å²) < 4.78 is 16.1. The molecule has 0 bridgehead atoms. The van der Waals surface area contributed by atoms with Crippen LogP contribution in [-0.4, -0.2) is 31.4 Å². The molecule has 0 aromatic heterocycles. The molecule has 0 N–H and O–H groups in total. The molecule has 1 heterocycles. The molecular formula is C17H22O4. The van der Waals surface area contributed by atoms with Gasteiger partial charge in [0.2, 0.25) is 0 Å². The first-order valence-electron chi connectivity index (χ1n) is 7.32. The van der Waals surface area contributed by atoms with Gasteiger partial charge in [0.1, 0.15) is 6.10 Å². The standard InChI is InChI=1S/C17H22O4/c1-3-20-16(18)10-9-15-17(21-15)13(2)11-19-12-14-7-5-4-6-8-14/h4-10,13,15,17H,3,11-12H2,1-2H3/b10-9+/t13-,15-,17-/m1/s1. The lowest BCUT2D eigenvalue weighted by Gasteiger charge is -2.09. The van der Waals surface area contributed by atoms with Gasteiger partial charge in [-0.3, -0.25) is 0 Å². The predicted molar refractivity (Wildman–Crippen MR) is 79.7 cm³/mol. The second-order valence-electron chi connectivity index (χ2n) is 5.15. The van der Waals surface area contributed by atoms with E-state index in [1.807, 2.05) is 30.3 Å². The van der Waals surface area contributed by atoms with Gasteiger partial charge < -0.3 is 14.2 Å². The van der Waals surface area contributed by atoms with E-state index in [1.54, 1.807) is 13.0 Å². The molecule has 21 heavy (non-hydrogen) atoms. The van der Waals surface area contributed by atoms with Crippen molar-refractivity contribution in [3.05, 3.63) is 48.0 Å². The van der Waals surface area contributed by atoms with Gasteiger partial charge in [0.15, 0.2) is 0 Å². The van der Waals surface area contributed by atoms with E-state index in [4.69, 9.17) is 14.2 Å². The van der Waals surface area contributed by atoms with E-state index in [9.17, 15) is 4.79 Å². The highest BCUT2D eigenvalue weighted by Gasteiger charge is 2.41. The number of hydrogen-bond acceptors (Lipinski definition) is 4. The van der Waals surface area contributed by atoms with Crippen molar-refractivity contribution in [1.29, 1.82) is 0 Å². The van der Waals surface area contributed by atoms with Crippen LogP contribution in [0.1, 0.15) is 19.4 Å². The molecule has 0 amide bonds. The summed E-state index contributed by atoms with van der Waals surface area (Å²) in [6.45, 7) is 5.52. The molecule has 4 heteroatoms. The molecule has 1 aromatic rings. The lowest BCUT2D eigenvalue weighted by molar-refractivity contribution is -0.137. The van der Waals surface area contributed by atoms with Gasteiger partial charge in [0, 0.05) is 12.0 Å². The Kier molecular flexibility index (Phi) is 5.96. The third-order valence-electron chi connectivity index (χ3n) is 3.32. The first kappa shape index (κ1) is 15.7. The minimum atomic E-state index is -0.320. The smallest absolute Gasteiger partial charge is 0.330 e. The molecule has 4 nitrogen and oxygen atoms in total. The number of rotatable bonds is 8. The Labute approximate surface area is 125 Å². The largest absolute Gasteiger partial charge is 0.463 e. The van der Waals surface area contributed by atoms with Crippen LogP contribution in [-0.2, 0) is 25.6 Å². The van der Waals surface area contributed by atoms with Gasteiger partial charge in [0.05, 0.1) is 25.9 Å². The van der Waals surface area contributed by atoms with Crippen molar-refractivity contribution in [3.63, 3.8) is 0 Å². The number of epoxide rings is 1. The minimum Gasteiger partial charge on any atom is -0.463 e. The summed E-state index contributed by atoms with van der Waals surface area (Å²) in [6.07, 6.45) is 3.33. The van der Waals surface area contributed by atoms with Crippen molar-refractivity contribution < 1.29 is 19.0 Å². The number of hydrogen-bond donors (Lipinski definition) is 0. The fourth-order valence-corrected chi connectivity index (χ4v) is 2.14. The number of ether oxygens (including phenoxy) is 3. The van der Waals surface area contributed by atoms with Crippen molar-refractivity contribution in [2.24, 2.45) is 5.92 Å². The maximum atomic E-state index is 11.2. The molecule has 2 rings (SSSR count). The molecule has 1 aliphatic rings. The van der Waals surface area contributed by atoms with E-state index in [1.165, 1.54) is 11.6 Å². The van der Waals surface area contributed by atoms with Crippen LogP contribution in [0.5, 0.6) is 0 Å². The van der Waals surface area contributed by atoms with Crippen LogP contribution in [0.4, 0.5) is 0 Å². The van der Waals surface area contributed by atoms with Crippen molar-refractivity contribution in [1.82, 2.24) is 0 Å². The minimum absolute atomic E-state index is 0.00438. The molecule has 0 saturated carbocycles. The van der Waals surface area contributed by atoms with E-state index in [-0.39, 0.29) is 18.2 Å². The topological polar surface area (TPSA) is 48.1 Å². The molecule has 0 radical (unpaired) electrons. The van der Waals surface area contributed by atoms with Crippen molar-refractivity contribution in [3.8, 4) is 0 Å². The average molecular weight is 290 g/mol. The normalized spacial score (nSPS) is 22.2. The quantitative estimate of drug-likeness (QED) is 0.419. The number of esters is 1. The fourth-order valence-electron chi connectivity index (χ4n) is 2.14. The van der Waals surface area contributed by atoms with Crippen LogP contribution in [0, 0.1) is 5.92 Å². The molecule has 1 fully saturated rings. The third-order valence-corrected chi connectivity index (χ3v) is 3.32. The zero-order valence-corrected chi connectivity index (χ0v) is 12.5. The monoisotopic (exact) mass is 290 g/mol. The number of benzene rings is 1. The maximum Gasteiger partial charge on any atom is 0.330 e. The summed E-state index contributed by atoms with van der Waals surface area (Å²) in [5, 5.41) is 0. The van der Waals surface area contributed by atoms with Crippen LogP contribution >= 0.6 is 0 Å². The Morgan fingerprint density at radius 1 is 1.38 bits per heavy atom. The van der Waals surface area contributed by atoms with E-state index in [2.05, 4.69) is 6.92 Å². The van der Waals surface area contributed by atoms with Gasteiger partial charge in [-0.1, -0.05) is 37.3 Å². The summed E-state index contributed by atoms with van der Waals surface area (Å²) in [4.78, 5) is 11.2. The van der Waals surface area contributed by atoms with Crippen LogP contribution in [0.15, 0.2) is 42.5 Å². The average Bonchev–Trinajstić information content (AvgIpc) is 3.26. The molecule has 3 atom stereocenters. The lowest BCUT2D eigenvalue weighted by Crippen LogP contribution is -2.13. The highest BCUT2D eigenvalue weighted by molar-refractivity contribution is 5.82. The van der Waals surface area contributed by atoms with Gasteiger partial charge in [-0.05, 0) is 18.6 Å². The lowest BCUT2D eigenvalue weighted by atomic mass is 10.1. The Morgan fingerprint density at radius 3 is 2.86 bits per heavy atom. The molecular weight excluding hydrogens is 268 g/mol. The SMILES string of the molecule is CCOC(=O)/C=C/[C@H]1O[C@@H]1[C@H](C)COCc1ccccc1. The van der Waals surface area contributed by atoms with Gasteiger partial charge >= 0.3 is 5.97 Å². The van der Waals surface area contributed by atoms with E-state index >= 15 is 0 Å². The summed E-state index contributed by atoms with van der Waals surface area (Å²) in [7, 11) is 0. The second-order valence-corrected chi connectivity index (χ2v) is 5.15. The third kappa shape index (κ3) is 5.33. The first-order valence-corrected chi connectivity index (χ1v) is 7.32. The van der Waals surface area contributed by atoms with Gasteiger partial charge in [-0.25, -0.2) is 4.79 Å². The zero-order valence-electron chi connectivity index (χ0n) is 12.5. The molecule has 0 spiro atoms. The fraction of sp³-hybridized carbons (Fsp3) is 0.471. The van der Waals surface area contributed by atoms with Gasteiger partial charge in [0.25, 0.3) is 0 Å². The Bertz CT molecular complexity index is 469. The summed E-state index contributed by atoms with van der Waals surface area (Å²) >= 11 is 0. The summed E-state index contributed by atoms with van der Waals surface area (Å²) in [5.74, 6) is -0.0229. The van der Waals surface area contributed by atoms with E-state index < -0.39 is 0 Å². The maximum absolute atomic E-state index is 11.2. The van der Waals surface area contributed by atoms with E-state index in [0.717, 1.165) is 0 Å². The molecule has 1 aromatic carbocycles. The van der Waals surface area contributed by atoms with Crippen LogP contribution in [0.25, 0.3) is 0 Å². The molecule has 114 valence electrons. The summed E-state index contributed by atoms with van der Waals surface area (Å²) in [6, 6.07) is 10.1. The first-order chi connectivity index (χ1) is 10.2. The van der Waals surface area contributed by atoms with Gasteiger partial charge in [-0.2, -0.15) is 0 Å². The van der Waals surface area contributed by atoms with Crippen molar-refractivity contribution >= 4 is 5.97 Å². The Hall–Kier alpha value is -1.65. The van der Waals surface area contributed by atoms with Crippen LogP contribution < -0.4 is 0 Å². The molecule has 0 aliphatic carbocycles. The predicted octanol–water partition coefficient (Wildman–Crippen LogP) is 2.73. The van der Waals surface area contributed by atoms with Crippen molar-refractivity contribution in [2.45, 2.75) is 32.7 Å². The second kappa shape index (κ2) is 7.96. The van der Waals surface area contributed by atoms with Crippen LogP contribution in [0.3, 0.4) is 0 Å². The molecule has 1 saturated heterocycles. The highest BCUT2D eigenvalue weighted by atomic mass is 16.6. The number of carbonyl (C=O) groups is 1. The van der Waals surface area contributed by atoms with Gasteiger partial charge in [-0.15, -0.1) is 0 Å². The van der Waals surface area contributed by atoms with Crippen LogP contribution in [0.2, 0.25) is 0 Å². The molecule has 0 unspecified atom stereocenters. The number of carbonyl (C=O) groups excluding carboxylic acids is 1. The van der Waals surface area contributed by atoms with E-state index in [0.29, 0.717) is 25.7 Å². The zero-order chi connectivity index (χ0) is 15.1. The van der Waals surface area contributed by atoms with Crippen molar-refractivity contribution in [2.75, 3.05) is 13.2 Å². The molecule has 1 aliphatic heterocycles. The Balaban J connectivity index is 1.64.